The molecule has 0 aliphatic heterocycles. The first-order valence-electron chi connectivity index (χ1n) is 6.04. The molecule has 1 saturated carbocycles. The summed E-state index contributed by atoms with van der Waals surface area (Å²) >= 11 is 0. The third kappa shape index (κ3) is 5.68. The van der Waals surface area contributed by atoms with Gasteiger partial charge < -0.3 is 0 Å². The molecule has 78 valence electrons. The Morgan fingerprint density at radius 2 is 1.38 bits per heavy atom. The van der Waals surface area contributed by atoms with Crippen molar-refractivity contribution >= 4 is 9.24 Å². The van der Waals surface area contributed by atoms with Crippen molar-refractivity contribution in [3.63, 3.8) is 0 Å². The Morgan fingerprint density at radius 3 is 2.08 bits per heavy atom. The summed E-state index contributed by atoms with van der Waals surface area (Å²) in [6.45, 7) is 2.43. The van der Waals surface area contributed by atoms with E-state index >= 15 is 0 Å². The maximum Gasteiger partial charge on any atom is -0.0262 e. The third-order valence-corrected chi connectivity index (χ3v) is 3.83. The zero-order valence-electron chi connectivity index (χ0n) is 9.10. The van der Waals surface area contributed by atoms with E-state index in [0.717, 1.165) is 11.6 Å². The summed E-state index contributed by atoms with van der Waals surface area (Å²) in [7, 11) is 3.04. The van der Waals surface area contributed by atoms with E-state index in [2.05, 4.69) is 16.2 Å². The molecule has 0 amide bonds. The summed E-state index contributed by atoms with van der Waals surface area (Å²) in [4.78, 5) is 0. The van der Waals surface area contributed by atoms with E-state index in [1.165, 1.54) is 57.8 Å². The molecule has 0 radical (unpaired) electrons. The van der Waals surface area contributed by atoms with Crippen LogP contribution in [0.4, 0.5) is 0 Å². The van der Waals surface area contributed by atoms with E-state index in [9.17, 15) is 0 Å². The van der Waals surface area contributed by atoms with Crippen LogP contribution in [0.2, 0.25) is 0 Å². The fourth-order valence-electron chi connectivity index (χ4n) is 2.36. The molecule has 1 heteroatoms. The van der Waals surface area contributed by atoms with Gasteiger partial charge in [0, 0.05) is 0 Å². The van der Waals surface area contributed by atoms with Crippen molar-refractivity contribution in [3.05, 3.63) is 0 Å². The Labute approximate surface area is 86.1 Å². The zero-order valence-corrected chi connectivity index (χ0v) is 10.3. The van der Waals surface area contributed by atoms with Crippen molar-refractivity contribution in [2.45, 2.75) is 70.4 Å². The van der Waals surface area contributed by atoms with Crippen LogP contribution in [0.25, 0.3) is 0 Å². The van der Waals surface area contributed by atoms with Gasteiger partial charge in [0.25, 0.3) is 0 Å². The molecule has 1 fully saturated rings. The Morgan fingerprint density at radius 1 is 0.846 bits per heavy atom. The Bertz CT molecular complexity index is 108. The van der Waals surface area contributed by atoms with Gasteiger partial charge in [-0.2, -0.15) is 0 Å². The lowest BCUT2D eigenvalue weighted by Crippen LogP contribution is -2.05. The molecule has 0 N–H and O–H groups in total. The summed E-state index contributed by atoms with van der Waals surface area (Å²) in [5.74, 6) is 0.959. The van der Waals surface area contributed by atoms with Crippen molar-refractivity contribution in [3.8, 4) is 0 Å². The van der Waals surface area contributed by atoms with E-state index in [1.54, 1.807) is 0 Å². The first-order chi connectivity index (χ1) is 6.29. The molecule has 3 unspecified atom stereocenters. The topological polar surface area (TPSA) is 0 Å². The smallest absolute Gasteiger partial charge is 0.0262 e. The normalized spacial score (nSPS) is 33.7. The van der Waals surface area contributed by atoms with Crippen LogP contribution in [0.3, 0.4) is 0 Å². The lowest BCUT2D eigenvalue weighted by atomic mass is 9.97. The molecule has 0 heterocycles. The van der Waals surface area contributed by atoms with E-state index in [-0.39, 0.29) is 0 Å². The molecule has 0 spiro atoms. The summed E-state index contributed by atoms with van der Waals surface area (Å²) in [5, 5.41) is 0. The summed E-state index contributed by atoms with van der Waals surface area (Å²) in [6.07, 6.45) is 13.2. The minimum atomic E-state index is 0.896. The highest BCUT2D eigenvalue weighted by molar-refractivity contribution is 7.17. The molecule has 0 aromatic heterocycles. The zero-order chi connectivity index (χ0) is 9.52. The highest BCUT2D eigenvalue weighted by Gasteiger charge is 2.09. The van der Waals surface area contributed by atoms with Gasteiger partial charge in [0.15, 0.2) is 0 Å². The Kier molecular flexibility index (Phi) is 6.04. The van der Waals surface area contributed by atoms with Gasteiger partial charge in [-0.3, -0.25) is 0 Å². The van der Waals surface area contributed by atoms with Crippen molar-refractivity contribution in [2.24, 2.45) is 5.92 Å². The van der Waals surface area contributed by atoms with Crippen LogP contribution >= 0.6 is 9.24 Å². The molecule has 0 aromatic carbocycles. The first-order valence-corrected chi connectivity index (χ1v) is 6.71. The molecular weight excluding hydrogens is 175 g/mol. The lowest BCUT2D eigenvalue weighted by molar-refractivity contribution is 0.453. The van der Waals surface area contributed by atoms with Crippen LogP contribution in [0.15, 0.2) is 0 Å². The fraction of sp³-hybridized carbons (Fsp3) is 1.00. The predicted octanol–water partition coefficient (Wildman–Crippen LogP) is 4.39. The second-order valence-electron chi connectivity index (χ2n) is 4.80. The van der Waals surface area contributed by atoms with Crippen molar-refractivity contribution in [1.29, 1.82) is 0 Å². The number of rotatable bonds is 0. The summed E-state index contributed by atoms with van der Waals surface area (Å²) in [6, 6.07) is 0. The van der Waals surface area contributed by atoms with Crippen LogP contribution in [-0.2, 0) is 0 Å². The molecule has 1 rings (SSSR count). The van der Waals surface area contributed by atoms with E-state index in [0.29, 0.717) is 0 Å². The Balaban J connectivity index is 2.25. The van der Waals surface area contributed by atoms with Crippen molar-refractivity contribution in [2.75, 3.05) is 0 Å². The molecule has 1 aliphatic rings. The van der Waals surface area contributed by atoms with Gasteiger partial charge >= 0.3 is 0 Å². The van der Waals surface area contributed by atoms with Gasteiger partial charge in [-0.1, -0.05) is 51.9 Å². The summed E-state index contributed by atoms with van der Waals surface area (Å²) < 4.78 is 0. The molecular formula is C12H25P. The average molecular weight is 200 g/mol. The largest absolute Gasteiger partial charge is 0.134 e. The van der Waals surface area contributed by atoms with Gasteiger partial charge in [0.05, 0.1) is 0 Å². The maximum atomic E-state index is 3.04. The maximum absolute atomic E-state index is 3.04. The average Bonchev–Trinajstić information content (AvgIpc) is 2.11. The van der Waals surface area contributed by atoms with Gasteiger partial charge in [0.2, 0.25) is 0 Å². The minimum Gasteiger partial charge on any atom is -0.134 e. The van der Waals surface area contributed by atoms with Gasteiger partial charge in [-0.25, -0.2) is 0 Å². The quantitative estimate of drug-likeness (QED) is 0.509. The molecule has 0 nitrogen and oxygen atoms in total. The molecule has 0 aromatic rings. The van der Waals surface area contributed by atoms with Crippen molar-refractivity contribution in [1.82, 2.24) is 0 Å². The predicted molar refractivity (Wildman–Crippen MR) is 64.2 cm³/mol. The van der Waals surface area contributed by atoms with Crippen LogP contribution in [0, 0.1) is 5.92 Å². The highest BCUT2D eigenvalue weighted by Crippen LogP contribution is 2.24. The molecule has 0 bridgehead atoms. The highest BCUT2D eigenvalue weighted by atomic mass is 31.0. The summed E-state index contributed by atoms with van der Waals surface area (Å²) in [5.41, 5.74) is 0.896. The first kappa shape index (κ1) is 11.5. The molecule has 3 atom stereocenters. The third-order valence-electron chi connectivity index (χ3n) is 3.23. The molecule has 1 aliphatic carbocycles. The van der Waals surface area contributed by atoms with E-state index in [1.807, 2.05) is 0 Å². The van der Waals surface area contributed by atoms with Crippen molar-refractivity contribution < 1.29 is 0 Å². The van der Waals surface area contributed by atoms with E-state index < -0.39 is 0 Å². The van der Waals surface area contributed by atoms with Gasteiger partial charge in [-0.15, -0.1) is 9.24 Å². The second kappa shape index (κ2) is 6.82. The SMILES string of the molecule is CC1CCCCCCCCC(P)C1. The van der Waals surface area contributed by atoms with Crippen LogP contribution in [0.5, 0.6) is 0 Å². The Hall–Kier alpha value is 0.430. The lowest BCUT2D eigenvalue weighted by Gasteiger charge is -2.15. The number of hydrogen-bond acceptors (Lipinski definition) is 0. The minimum absolute atomic E-state index is 0.896. The van der Waals surface area contributed by atoms with Crippen LogP contribution in [0.1, 0.15) is 64.7 Å². The van der Waals surface area contributed by atoms with Crippen LogP contribution < -0.4 is 0 Å². The van der Waals surface area contributed by atoms with Gasteiger partial charge in [-0.05, 0) is 24.4 Å². The fourth-order valence-corrected chi connectivity index (χ4v) is 3.06. The second-order valence-corrected chi connectivity index (χ2v) is 5.74. The van der Waals surface area contributed by atoms with Crippen LogP contribution in [-0.4, -0.2) is 5.66 Å². The molecule has 13 heavy (non-hydrogen) atoms. The monoisotopic (exact) mass is 200 g/mol. The van der Waals surface area contributed by atoms with Gasteiger partial charge in [0.1, 0.15) is 0 Å². The molecule has 0 saturated heterocycles. The number of hydrogen-bond donors (Lipinski definition) is 0. The standard InChI is InChI=1S/C12H25P/c1-11-8-6-4-2-3-5-7-9-12(13)10-11/h11-12H,2-10,13H2,1H3. The van der Waals surface area contributed by atoms with E-state index in [4.69, 9.17) is 0 Å².